The minimum absolute atomic E-state index is 0.558. The highest BCUT2D eigenvalue weighted by Gasteiger charge is 2.13. The molecule has 0 aliphatic carbocycles. The number of thiazole rings is 1. The number of unbranched alkanes of at least 4 members (excludes halogenated alkanes) is 1. The van der Waals surface area contributed by atoms with E-state index >= 15 is 0 Å². The molecule has 3 N–H and O–H groups in total. The van der Waals surface area contributed by atoms with E-state index in [1.54, 1.807) is 11.3 Å². The molecular weight excluding hydrogens is 426 g/mol. The molecule has 0 radical (unpaired) electrons. The fourth-order valence-electron chi connectivity index (χ4n) is 2.56. The number of carboxylic acid groups (broad SMARTS) is 2. The Bertz CT molecular complexity index is 812. The molecule has 30 heavy (non-hydrogen) atoms. The van der Waals surface area contributed by atoms with Crippen LogP contribution in [0.25, 0.3) is 10.6 Å². The molecule has 0 atom stereocenters. The van der Waals surface area contributed by atoms with E-state index in [0.29, 0.717) is 12.2 Å². The Morgan fingerprint density at radius 1 is 1.23 bits per heavy atom. The molecule has 3 heterocycles. The predicted octanol–water partition coefficient (Wildman–Crippen LogP) is 3.63. The van der Waals surface area contributed by atoms with Crippen LogP contribution in [0.5, 0.6) is 0 Å². The lowest BCUT2D eigenvalue weighted by molar-refractivity contribution is -0.134. The maximum Gasteiger partial charge on any atom is 0.328 e. The summed E-state index contributed by atoms with van der Waals surface area (Å²) < 4.78 is 5.40. The molecule has 0 unspecified atom stereocenters. The number of morpholine rings is 1. The van der Waals surface area contributed by atoms with Crippen molar-refractivity contribution in [1.29, 1.82) is 0 Å². The van der Waals surface area contributed by atoms with E-state index < -0.39 is 11.9 Å². The molecule has 1 aliphatic heterocycles. The van der Waals surface area contributed by atoms with E-state index in [4.69, 9.17) is 19.9 Å². The summed E-state index contributed by atoms with van der Waals surface area (Å²) in [6.07, 6.45) is 3.52. The zero-order valence-electron chi connectivity index (χ0n) is 16.9. The summed E-state index contributed by atoms with van der Waals surface area (Å²) in [5.41, 5.74) is 1.10. The van der Waals surface area contributed by atoms with Gasteiger partial charge in [0.25, 0.3) is 0 Å². The Labute approximate surface area is 183 Å². The number of hydrogen-bond acceptors (Lipinski definition) is 8. The fraction of sp³-hybridized carbons (Fsp3) is 0.450. The van der Waals surface area contributed by atoms with Crippen molar-refractivity contribution >= 4 is 39.7 Å². The first-order chi connectivity index (χ1) is 14.5. The number of rotatable bonds is 9. The number of aromatic nitrogens is 1. The smallest absolute Gasteiger partial charge is 0.328 e. The molecular formula is C20H27N3O5S2. The average Bonchev–Trinajstić information content (AvgIpc) is 3.37. The first-order valence-electron chi connectivity index (χ1n) is 9.70. The van der Waals surface area contributed by atoms with Gasteiger partial charge >= 0.3 is 11.9 Å². The van der Waals surface area contributed by atoms with Crippen molar-refractivity contribution in [2.45, 2.75) is 26.3 Å². The van der Waals surface area contributed by atoms with Crippen LogP contribution in [0, 0.1) is 0 Å². The summed E-state index contributed by atoms with van der Waals surface area (Å²) in [7, 11) is 0. The molecule has 0 amide bonds. The molecule has 0 aromatic carbocycles. The summed E-state index contributed by atoms with van der Waals surface area (Å²) in [6, 6.07) is 4.43. The second-order valence-corrected chi connectivity index (χ2v) is 8.51. The van der Waals surface area contributed by atoms with E-state index in [1.807, 2.05) is 11.3 Å². The van der Waals surface area contributed by atoms with Gasteiger partial charge in [-0.05, 0) is 18.6 Å². The van der Waals surface area contributed by atoms with E-state index in [2.05, 4.69) is 34.7 Å². The highest BCUT2D eigenvalue weighted by molar-refractivity contribution is 7.17. The van der Waals surface area contributed by atoms with E-state index in [0.717, 1.165) is 50.2 Å². The standard InChI is InChI=1S/C16H23N3OS2.C4H4O4/c1-2-3-6-17-16-18-14(12-21-16)15-5-4-13(22-15)11-19-7-9-20-10-8-19;5-3(6)1-2-4(7)8/h4-5,12H,2-3,6-11H2,1H3,(H,17,18);1-2H,(H,5,6)(H,7,8). The number of carboxylic acids is 2. The number of ether oxygens (including phenoxy) is 1. The number of thiophene rings is 1. The fourth-order valence-corrected chi connectivity index (χ4v) is 4.39. The normalized spacial score (nSPS) is 14.3. The molecule has 8 nitrogen and oxygen atoms in total. The van der Waals surface area contributed by atoms with Crippen molar-refractivity contribution in [3.63, 3.8) is 0 Å². The summed E-state index contributed by atoms with van der Waals surface area (Å²) >= 11 is 3.55. The summed E-state index contributed by atoms with van der Waals surface area (Å²) in [6.45, 7) is 8.03. The lowest BCUT2D eigenvalue weighted by atomic mass is 10.3. The van der Waals surface area contributed by atoms with Crippen molar-refractivity contribution in [3.05, 3.63) is 34.5 Å². The second-order valence-electron chi connectivity index (χ2n) is 6.48. The van der Waals surface area contributed by atoms with Crippen molar-refractivity contribution in [3.8, 4) is 10.6 Å². The SMILES string of the molecule is CCCCNc1nc(-c2ccc(CN3CCOCC3)s2)cs1.O=C(O)C=CC(=O)O. The van der Waals surface area contributed by atoms with Gasteiger partial charge in [-0.2, -0.15) is 0 Å². The summed E-state index contributed by atoms with van der Waals surface area (Å²) in [5.74, 6) is -2.51. The predicted molar refractivity (Wildman–Crippen MR) is 119 cm³/mol. The lowest BCUT2D eigenvalue weighted by Crippen LogP contribution is -2.35. The van der Waals surface area contributed by atoms with E-state index in [9.17, 15) is 9.59 Å². The quantitative estimate of drug-likeness (QED) is 0.390. The van der Waals surface area contributed by atoms with Crippen LogP contribution in [0.4, 0.5) is 5.13 Å². The third-order valence-electron chi connectivity index (χ3n) is 4.08. The number of hydrogen-bond donors (Lipinski definition) is 3. The Hall–Kier alpha value is -2.27. The molecule has 3 rings (SSSR count). The molecule has 1 saturated heterocycles. The van der Waals surface area contributed by atoms with Crippen LogP contribution in [-0.4, -0.2) is 64.9 Å². The number of nitrogens with one attached hydrogen (secondary N) is 1. The molecule has 2 aromatic heterocycles. The largest absolute Gasteiger partial charge is 0.478 e. The highest BCUT2D eigenvalue weighted by Crippen LogP contribution is 2.31. The van der Waals surface area contributed by atoms with Crippen LogP contribution in [0.2, 0.25) is 0 Å². The van der Waals surface area contributed by atoms with Gasteiger partial charge in [0.15, 0.2) is 5.13 Å². The Balaban J connectivity index is 0.000000343. The van der Waals surface area contributed by atoms with Crippen LogP contribution in [0.15, 0.2) is 29.7 Å². The zero-order chi connectivity index (χ0) is 21.8. The minimum Gasteiger partial charge on any atom is -0.478 e. The van der Waals surface area contributed by atoms with Crippen molar-refractivity contribution in [2.75, 3.05) is 38.2 Å². The molecule has 0 saturated carbocycles. The van der Waals surface area contributed by atoms with Crippen LogP contribution in [0.3, 0.4) is 0 Å². The van der Waals surface area contributed by atoms with Crippen molar-refractivity contribution in [1.82, 2.24) is 9.88 Å². The lowest BCUT2D eigenvalue weighted by Gasteiger charge is -2.25. The first-order valence-corrected chi connectivity index (χ1v) is 11.4. The molecule has 0 bridgehead atoms. The average molecular weight is 454 g/mol. The molecule has 10 heteroatoms. The second kappa shape index (κ2) is 13.1. The maximum absolute atomic E-state index is 9.55. The van der Waals surface area contributed by atoms with Crippen LogP contribution < -0.4 is 5.32 Å². The zero-order valence-corrected chi connectivity index (χ0v) is 18.5. The minimum atomic E-state index is -1.26. The maximum atomic E-state index is 9.55. The third-order valence-corrected chi connectivity index (χ3v) is 5.97. The number of aliphatic carboxylic acids is 2. The highest BCUT2D eigenvalue weighted by atomic mass is 32.1. The van der Waals surface area contributed by atoms with Gasteiger partial charge in [-0.1, -0.05) is 13.3 Å². The Morgan fingerprint density at radius 3 is 2.57 bits per heavy atom. The van der Waals surface area contributed by atoms with Gasteiger partial charge in [0.05, 0.1) is 23.8 Å². The van der Waals surface area contributed by atoms with Crippen molar-refractivity contribution in [2.24, 2.45) is 0 Å². The van der Waals surface area contributed by atoms with Crippen LogP contribution in [-0.2, 0) is 20.9 Å². The Morgan fingerprint density at radius 2 is 1.93 bits per heavy atom. The van der Waals surface area contributed by atoms with Gasteiger partial charge < -0.3 is 20.3 Å². The summed E-state index contributed by atoms with van der Waals surface area (Å²) in [5, 5.41) is 22.2. The van der Waals surface area contributed by atoms with Gasteiger partial charge in [-0.25, -0.2) is 14.6 Å². The van der Waals surface area contributed by atoms with Gasteiger partial charge in [-0.3, -0.25) is 4.90 Å². The molecule has 0 spiro atoms. The van der Waals surface area contributed by atoms with Gasteiger partial charge in [-0.15, -0.1) is 22.7 Å². The summed E-state index contributed by atoms with van der Waals surface area (Å²) in [4.78, 5) is 28.9. The van der Waals surface area contributed by atoms with Crippen LogP contribution >= 0.6 is 22.7 Å². The molecule has 164 valence electrons. The molecule has 1 fully saturated rings. The van der Waals surface area contributed by atoms with Gasteiger partial charge in [0, 0.05) is 48.6 Å². The molecule has 1 aliphatic rings. The Kier molecular flexibility index (Phi) is 10.5. The van der Waals surface area contributed by atoms with Gasteiger partial charge in [0.2, 0.25) is 0 Å². The first kappa shape index (κ1) is 24.0. The number of anilines is 1. The van der Waals surface area contributed by atoms with Crippen molar-refractivity contribution < 1.29 is 24.5 Å². The topological polar surface area (TPSA) is 112 Å². The van der Waals surface area contributed by atoms with Crippen LogP contribution in [0.1, 0.15) is 24.6 Å². The van der Waals surface area contributed by atoms with E-state index in [1.165, 1.54) is 22.6 Å². The monoisotopic (exact) mass is 453 g/mol. The third kappa shape index (κ3) is 9.04. The number of nitrogens with zero attached hydrogens (tertiary/aromatic N) is 2. The van der Waals surface area contributed by atoms with Gasteiger partial charge in [0.1, 0.15) is 0 Å². The van der Waals surface area contributed by atoms with E-state index in [-0.39, 0.29) is 0 Å². The number of carbonyl (C=O) groups is 2. The molecule has 2 aromatic rings.